The number of amides is 1. The summed E-state index contributed by atoms with van der Waals surface area (Å²) in [4.78, 5) is 25.2. The molecule has 0 saturated carbocycles. The third-order valence-corrected chi connectivity index (χ3v) is 4.34. The molecular weight excluding hydrogens is 340 g/mol. The Morgan fingerprint density at radius 3 is 2.70 bits per heavy atom. The Bertz CT molecular complexity index is 704. The van der Waals surface area contributed by atoms with E-state index in [0.717, 1.165) is 4.88 Å². The minimum Gasteiger partial charge on any atom is -0.477 e. The lowest BCUT2D eigenvalue weighted by Gasteiger charge is -2.20. The van der Waals surface area contributed by atoms with Crippen LogP contribution >= 0.6 is 22.9 Å². The standard InChI is InChI=1S/C15H15ClN2O4S/c1-2-17(9-11-7-8-14(16)23-11)15(19)10-22-13-6-4-3-5-12(13)18(20)21/h3-8H,2,9-10H2,1H3. The Morgan fingerprint density at radius 1 is 1.35 bits per heavy atom. The van der Waals surface area contributed by atoms with Crippen molar-refractivity contribution >= 4 is 34.5 Å². The Balaban J connectivity index is 1.99. The number of hydrogen-bond donors (Lipinski definition) is 0. The highest BCUT2D eigenvalue weighted by molar-refractivity contribution is 7.16. The van der Waals surface area contributed by atoms with Crippen molar-refractivity contribution in [3.63, 3.8) is 0 Å². The third kappa shape index (κ3) is 4.67. The molecule has 122 valence electrons. The number of nitrogens with zero attached hydrogens (tertiary/aromatic N) is 2. The van der Waals surface area contributed by atoms with Gasteiger partial charge in [0, 0.05) is 17.5 Å². The first-order valence-electron chi connectivity index (χ1n) is 6.89. The van der Waals surface area contributed by atoms with Crippen LogP contribution in [0.25, 0.3) is 0 Å². The monoisotopic (exact) mass is 354 g/mol. The second kappa shape index (κ2) is 7.94. The number of benzene rings is 1. The molecule has 1 aromatic carbocycles. The van der Waals surface area contributed by atoms with Crippen LogP contribution in [0.15, 0.2) is 36.4 Å². The SMILES string of the molecule is CCN(Cc1ccc(Cl)s1)C(=O)COc1ccccc1[N+](=O)[O-]. The summed E-state index contributed by atoms with van der Waals surface area (Å²) >= 11 is 7.29. The van der Waals surface area contributed by atoms with Gasteiger partial charge in [-0.15, -0.1) is 11.3 Å². The first-order valence-corrected chi connectivity index (χ1v) is 8.09. The minimum absolute atomic E-state index is 0.0843. The second-order valence-corrected chi connectivity index (χ2v) is 6.43. The largest absolute Gasteiger partial charge is 0.477 e. The van der Waals surface area contributed by atoms with Crippen LogP contribution in [0, 0.1) is 10.1 Å². The van der Waals surface area contributed by atoms with E-state index in [-0.39, 0.29) is 24.0 Å². The molecule has 0 aliphatic carbocycles. The topological polar surface area (TPSA) is 72.7 Å². The van der Waals surface area contributed by atoms with Crippen LogP contribution in [0.3, 0.4) is 0 Å². The summed E-state index contributed by atoms with van der Waals surface area (Å²) in [6.45, 7) is 2.55. The summed E-state index contributed by atoms with van der Waals surface area (Å²) in [6, 6.07) is 9.63. The van der Waals surface area contributed by atoms with Crippen LogP contribution in [0.1, 0.15) is 11.8 Å². The molecule has 2 aromatic rings. The summed E-state index contributed by atoms with van der Waals surface area (Å²) in [5.41, 5.74) is -0.159. The van der Waals surface area contributed by atoms with Gasteiger partial charge in [0.1, 0.15) is 0 Å². The first kappa shape index (κ1) is 17.2. The highest BCUT2D eigenvalue weighted by Crippen LogP contribution is 2.26. The van der Waals surface area contributed by atoms with Gasteiger partial charge in [-0.3, -0.25) is 14.9 Å². The van der Waals surface area contributed by atoms with Crippen LogP contribution in [0.2, 0.25) is 4.34 Å². The number of halogens is 1. The number of ether oxygens (including phenoxy) is 1. The molecule has 1 aromatic heterocycles. The Labute approximate surface area is 142 Å². The van der Waals surface area contributed by atoms with E-state index < -0.39 is 4.92 Å². The minimum atomic E-state index is -0.537. The van der Waals surface area contributed by atoms with E-state index in [1.54, 1.807) is 23.1 Å². The van der Waals surface area contributed by atoms with Crippen LogP contribution in [0.4, 0.5) is 5.69 Å². The summed E-state index contributed by atoms with van der Waals surface area (Å²) < 4.78 is 6.00. The first-order chi connectivity index (χ1) is 11.0. The molecule has 1 amide bonds. The fourth-order valence-electron chi connectivity index (χ4n) is 1.96. The number of hydrogen-bond acceptors (Lipinski definition) is 5. The Kier molecular flexibility index (Phi) is 5.95. The molecule has 0 aliphatic heterocycles. The average Bonchev–Trinajstić information content (AvgIpc) is 2.95. The molecule has 0 unspecified atom stereocenters. The van der Waals surface area contributed by atoms with Gasteiger partial charge in [0.25, 0.3) is 5.91 Å². The van der Waals surface area contributed by atoms with Crippen LogP contribution in [0.5, 0.6) is 5.75 Å². The predicted molar refractivity (Wildman–Crippen MR) is 89.0 cm³/mol. The molecule has 0 aliphatic rings. The van der Waals surface area contributed by atoms with E-state index >= 15 is 0 Å². The van der Waals surface area contributed by atoms with Crippen molar-refractivity contribution in [3.8, 4) is 5.75 Å². The van der Waals surface area contributed by atoms with Gasteiger partial charge in [-0.2, -0.15) is 0 Å². The van der Waals surface area contributed by atoms with Gasteiger partial charge in [0.15, 0.2) is 12.4 Å². The molecule has 8 heteroatoms. The summed E-state index contributed by atoms with van der Waals surface area (Å²) in [7, 11) is 0. The fraction of sp³-hybridized carbons (Fsp3) is 0.267. The molecule has 1 heterocycles. The predicted octanol–water partition coefficient (Wildman–Crippen LogP) is 3.74. The number of nitro benzene ring substituents is 1. The summed E-state index contributed by atoms with van der Waals surface area (Å²) in [6.07, 6.45) is 0. The zero-order chi connectivity index (χ0) is 16.8. The van der Waals surface area contributed by atoms with E-state index in [0.29, 0.717) is 17.4 Å². The van der Waals surface area contributed by atoms with Crippen LogP contribution in [-0.2, 0) is 11.3 Å². The lowest BCUT2D eigenvalue weighted by atomic mass is 10.3. The molecular formula is C15H15ClN2O4S. The van der Waals surface area contributed by atoms with Gasteiger partial charge >= 0.3 is 5.69 Å². The van der Waals surface area contributed by atoms with Gasteiger partial charge in [-0.05, 0) is 25.1 Å². The fourth-order valence-corrected chi connectivity index (χ4v) is 3.07. The van der Waals surface area contributed by atoms with Gasteiger partial charge in [0.2, 0.25) is 0 Å². The number of nitro groups is 1. The molecule has 0 radical (unpaired) electrons. The lowest BCUT2D eigenvalue weighted by Crippen LogP contribution is -2.34. The van der Waals surface area contributed by atoms with Crippen molar-refractivity contribution in [2.45, 2.75) is 13.5 Å². The number of carbonyl (C=O) groups is 1. The van der Waals surface area contributed by atoms with Crippen LogP contribution in [-0.4, -0.2) is 28.9 Å². The van der Waals surface area contributed by atoms with Crippen molar-refractivity contribution in [1.82, 2.24) is 4.90 Å². The Hall–Kier alpha value is -2.12. The van der Waals surface area contributed by atoms with Crippen molar-refractivity contribution in [2.24, 2.45) is 0 Å². The van der Waals surface area contributed by atoms with E-state index in [1.807, 2.05) is 13.0 Å². The number of rotatable bonds is 7. The van der Waals surface area contributed by atoms with E-state index in [4.69, 9.17) is 16.3 Å². The second-order valence-electron chi connectivity index (χ2n) is 4.63. The van der Waals surface area contributed by atoms with Crippen molar-refractivity contribution in [2.75, 3.05) is 13.2 Å². The average molecular weight is 355 g/mol. The molecule has 0 fully saturated rings. The molecule has 6 nitrogen and oxygen atoms in total. The van der Waals surface area contributed by atoms with Crippen molar-refractivity contribution < 1.29 is 14.5 Å². The molecule has 0 atom stereocenters. The van der Waals surface area contributed by atoms with Gasteiger partial charge < -0.3 is 9.64 Å². The Morgan fingerprint density at radius 2 is 2.09 bits per heavy atom. The molecule has 0 saturated heterocycles. The third-order valence-electron chi connectivity index (χ3n) is 3.12. The zero-order valence-electron chi connectivity index (χ0n) is 12.4. The van der Waals surface area contributed by atoms with Gasteiger partial charge in [-0.1, -0.05) is 23.7 Å². The summed E-state index contributed by atoms with van der Waals surface area (Å²) in [5, 5.41) is 10.9. The molecule has 0 bridgehead atoms. The van der Waals surface area contributed by atoms with Crippen LogP contribution < -0.4 is 4.74 Å². The van der Waals surface area contributed by atoms with E-state index in [1.165, 1.54) is 23.5 Å². The smallest absolute Gasteiger partial charge is 0.310 e. The molecule has 0 spiro atoms. The number of carbonyl (C=O) groups excluding carboxylic acids is 1. The quantitative estimate of drug-likeness (QED) is 0.561. The van der Waals surface area contributed by atoms with E-state index in [9.17, 15) is 14.9 Å². The van der Waals surface area contributed by atoms with Gasteiger partial charge in [0.05, 0.1) is 15.8 Å². The van der Waals surface area contributed by atoms with Gasteiger partial charge in [-0.25, -0.2) is 0 Å². The number of likely N-dealkylation sites (N-methyl/N-ethyl adjacent to an activating group) is 1. The molecule has 23 heavy (non-hydrogen) atoms. The number of thiophene rings is 1. The molecule has 0 N–H and O–H groups in total. The lowest BCUT2D eigenvalue weighted by molar-refractivity contribution is -0.385. The van der Waals surface area contributed by atoms with Crippen molar-refractivity contribution in [3.05, 3.63) is 55.7 Å². The molecule has 2 rings (SSSR count). The normalized spacial score (nSPS) is 10.3. The van der Waals surface area contributed by atoms with E-state index in [2.05, 4.69) is 0 Å². The zero-order valence-corrected chi connectivity index (χ0v) is 14.0. The maximum absolute atomic E-state index is 12.2. The summed E-state index contributed by atoms with van der Waals surface area (Å²) in [5.74, 6) is -0.156. The highest BCUT2D eigenvalue weighted by Gasteiger charge is 2.18. The van der Waals surface area contributed by atoms with Crippen molar-refractivity contribution in [1.29, 1.82) is 0 Å². The highest BCUT2D eigenvalue weighted by atomic mass is 35.5. The maximum Gasteiger partial charge on any atom is 0.310 e. The number of para-hydroxylation sites is 2. The maximum atomic E-state index is 12.2.